The van der Waals surface area contributed by atoms with E-state index in [0.29, 0.717) is 55.6 Å². The first-order valence-electron chi connectivity index (χ1n) is 31.9. The Morgan fingerprint density at radius 2 is 0.911 bits per heavy atom. The molecule has 536 valence electrons. The average Bonchev–Trinajstić information content (AvgIpc) is 1.58. The summed E-state index contributed by atoms with van der Waals surface area (Å²) in [5, 5.41) is 28.6. The quantitative estimate of drug-likeness (QED) is 0.0515. The first kappa shape index (κ1) is 74.8. The molecule has 0 radical (unpaired) electrons. The van der Waals surface area contributed by atoms with Crippen LogP contribution in [0.5, 0.6) is 11.5 Å². The van der Waals surface area contributed by atoms with Crippen LogP contribution >= 0.6 is 46.4 Å². The highest BCUT2D eigenvalue weighted by atomic mass is 35.5. The van der Waals surface area contributed by atoms with E-state index in [9.17, 15) is 67.9 Å². The smallest absolute Gasteiger partial charge is 0.246 e. The molecule has 0 bridgehead atoms. The number of Topliss-reactive ketones (excluding diaryl/α,β-unsaturated/α-hetero) is 2. The summed E-state index contributed by atoms with van der Waals surface area (Å²) in [4.78, 5) is 71.6. The number of hydrogen-bond acceptors (Lipinski definition) is 18. The van der Waals surface area contributed by atoms with E-state index in [1.165, 1.54) is 112 Å². The molecule has 0 saturated carbocycles. The molecule has 6 saturated heterocycles. The number of aromatic amines is 1. The maximum Gasteiger partial charge on any atom is 0.246 e. The highest BCUT2D eigenvalue weighted by Gasteiger charge is 2.59. The van der Waals surface area contributed by atoms with E-state index in [0.717, 1.165) is 15.4 Å². The minimum Gasteiger partial charge on any atom is -0.505 e. The molecule has 6 aliphatic rings. The summed E-state index contributed by atoms with van der Waals surface area (Å²) < 4.78 is 112. The molecule has 7 heterocycles. The minimum atomic E-state index is -4.29. The molecule has 26 nitrogen and oxygen atoms in total. The molecule has 3 amide bonds. The summed E-state index contributed by atoms with van der Waals surface area (Å²) in [5.74, 6) is -1.89. The van der Waals surface area contributed by atoms with Crippen molar-refractivity contribution in [1.29, 1.82) is 0 Å². The van der Waals surface area contributed by atoms with Gasteiger partial charge < -0.3 is 31.1 Å². The summed E-state index contributed by atoms with van der Waals surface area (Å²) in [7, 11) is -16.1. The highest BCUT2D eigenvalue weighted by molar-refractivity contribution is 7.90. The second kappa shape index (κ2) is 29.8. The van der Waals surface area contributed by atoms with Crippen LogP contribution < -0.4 is 16.0 Å². The maximum absolute atomic E-state index is 14.1. The van der Waals surface area contributed by atoms with Gasteiger partial charge in [-0.2, -0.15) is 17.2 Å². The van der Waals surface area contributed by atoms with Crippen molar-refractivity contribution in [2.45, 2.75) is 114 Å². The SMILES string of the molecule is CC(=O)c1ccc(S(=O)(=O)N2CCC3(CC2)NC(=O)C(Cc2cnc[nH]2)N3S(=O)(=O)c2ccc(C(C)=O)cc2)cc1.O=C1CN(Cc2ccccc2)C2(CCN(S(=O)(=O)c3cc(Cl)c(O)c(Cl)c3)CC2)N1.O=C1CN(Cc2ccccc2)C2(CCN(S(=O)(=O)c3cc(Cl)cc(Cl)c3O)CC2)N1. The second-order valence-corrected chi connectivity index (χ2v) is 34.6. The molecular formula is C67H71Cl4N11O15S4. The van der Waals surface area contributed by atoms with Gasteiger partial charge in [0.2, 0.25) is 57.8 Å². The molecular weight excluding hydrogens is 1470 g/mol. The van der Waals surface area contributed by atoms with Crippen LogP contribution in [0, 0.1) is 0 Å². The second-order valence-electron chi connectivity index (χ2n) is 25.3. The van der Waals surface area contributed by atoms with Gasteiger partial charge in [0, 0.05) is 86.8 Å². The zero-order valence-corrected chi connectivity index (χ0v) is 60.7. The number of amides is 3. The van der Waals surface area contributed by atoms with E-state index in [2.05, 4.69) is 35.7 Å². The van der Waals surface area contributed by atoms with E-state index in [4.69, 9.17) is 46.4 Å². The van der Waals surface area contributed by atoms with Gasteiger partial charge in [-0.1, -0.05) is 131 Å². The number of aromatic nitrogens is 2. The lowest BCUT2D eigenvalue weighted by Gasteiger charge is -2.43. The number of halogens is 4. The fourth-order valence-corrected chi connectivity index (χ4v) is 21.2. The molecule has 3 spiro atoms. The van der Waals surface area contributed by atoms with Crippen LogP contribution in [-0.4, -0.2) is 186 Å². The predicted octanol–water partition coefficient (Wildman–Crippen LogP) is 7.35. The molecule has 6 fully saturated rings. The van der Waals surface area contributed by atoms with Crippen molar-refractivity contribution in [2.75, 3.05) is 52.4 Å². The van der Waals surface area contributed by atoms with Crippen LogP contribution in [-0.2, 0) is 74.0 Å². The third kappa shape index (κ3) is 15.6. The first-order chi connectivity index (χ1) is 47.8. The van der Waals surface area contributed by atoms with Gasteiger partial charge in [-0.15, -0.1) is 0 Å². The van der Waals surface area contributed by atoms with Crippen molar-refractivity contribution >= 4 is 116 Å². The average molecular weight is 1540 g/mol. The van der Waals surface area contributed by atoms with Crippen LogP contribution in [0.25, 0.3) is 0 Å². The van der Waals surface area contributed by atoms with Crippen LogP contribution in [0.2, 0.25) is 20.1 Å². The van der Waals surface area contributed by atoms with Crippen LogP contribution in [0.15, 0.2) is 166 Å². The number of carbonyl (C=O) groups is 5. The lowest BCUT2D eigenvalue weighted by molar-refractivity contribution is -0.121. The fourth-order valence-electron chi connectivity index (χ4n) is 13.6. The van der Waals surface area contributed by atoms with Gasteiger partial charge in [-0.3, -0.25) is 33.8 Å². The number of phenolic OH excluding ortho intramolecular Hbond substituents is 2. The number of rotatable bonds is 16. The number of imidazole rings is 1. The van der Waals surface area contributed by atoms with Gasteiger partial charge in [0.1, 0.15) is 16.6 Å². The van der Waals surface area contributed by atoms with Gasteiger partial charge in [0.25, 0.3) is 0 Å². The molecule has 13 rings (SSSR count). The van der Waals surface area contributed by atoms with Crippen LogP contribution in [0.4, 0.5) is 0 Å². The van der Waals surface area contributed by atoms with Crippen LogP contribution in [0.3, 0.4) is 0 Å². The lowest BCUT2D eigenvalue weighted by atomic mass is 9.97. The molecule has 6 aromatic carbocycles. The maximum atomic E-state index is 14.1. The fraction of sp³-hybridized carbons (Fsp3) is 0.343. The number of piperidine rings is 3. The van der Waals surface area contributed by atoms with Gasteiger partial charge in [-0.05, 0) is 112 Å². The molecule has 6 N–H and O–H groups in total. The number of benzene rings is 6. The number of H-pyrrole nitrogens is 1. The molecule has 34 heteroatoms. The van der Waals surface area contributed by atoms with Crippen molar-refractivity contribution in [3.8, 4) is 11.5 Å². The van der Waals surface area contributed by atoms with Crippen molar-refractivity contribution in [2.24, 2.45) is 0 Å². The molecule has 0 aliphatic carbocycles. The topological polar surface area (TPSA) is 347 Å². The summed E-state index contributed by atoms with van der Waals surface area (Å²) in [6.45, 7) is 5.28. The summed E-state index contributed by atoms with van der Waals surface area (Å²) >= 11 is 23.7. The molecule has 101 heavy (non-hydrogen) atoms. The van der Waals surface area contributed by atoms with E-state index in [1.807, 2.05) is 60.7 Å². The van der Waals surface area contributed by atoms with Crippen LogP contribution in [0.1, 0.15) is 89.9 Å². The Labute approximate surface area is 604 Å². The molecule has 1 unspecified atom stereocenters. The van der Waals surface area contributed by atoms with E-state index < -0.39 is 74.8 Å². The summed E-state index contributed by atoms with van der Waals surface area (Å²) in [6.07, 6.45) is 4.78. The summed E-state index contributed by atoms with van der Waals surface area (Å²) in [6, 6.07) is 34.6. The Kier molecular flexibility index (Phi) is 22.0. The molecule has 7 aromatic rings. The van der Waals surface area contributed by atoms with Gasteiger partial charge >= 0.3 is 0 Å². The van der Waals surface area contributed by atoms with Gasteiger partial charge in [0.05, 0.1) is 60.5 Å². The predicted molar refractivity (Wildman–Crippen MR) is 375 cm³/mol. The number of phenols is 2. The zero-order chi connectivity index (χ0) is 72.6. The van der Waals surface area contributed by atoms with Crippen molar-refractivity contribution in [3.05, 3.63) is 194 Å². The zero-order valence-electron chi connectivity index (χ0n) is 54.4. The number of aromatic hydroxyl groups is 2. The number of carbonyl (C=O) groups excluding carboxylic acids is 5. The number of sulfonamides is 4. The number of nitrogens with zero attached hydrogens (tertiary/aromatic N) is 7. The molecule has 1 atom stereocenters. The standard InChI is InChI=1S/C27H29N5O7S2.2C20H21Cl2N3O4S/c1-18(33)20-3-7-23(8-4-20)40(36,37)31-13-11-27(12-14-31)30-26(35)25(15-22-16-28-17-29-22)32(27)41(38,39)24-9-5-21(6-10-24)19(2)34;21-16-10-15(11-17(22)19(16)27)30(28,29)25-8-6-20(7-9-25)23-18(26)13-24(20)12-14-4-2-1-3-5-14;21-15-10-16(22)19(27)17(11-15)30(28,29)25-8-6-20(7-9-25)23-18(26)13-24(20)12-14-4-2-1-3-5-14/h3-10,16-17,25H,11-15H2,1-2H3,(H,28,29)(H,30,35);2*1-5,10-11,27H,6-9,12-13H2,(H,23,26). The Morgan fingerprint density at radius 3 is 1.34 bits per heavy atom. The number of hydrogen-bond donors (Lipinski definition) is 6. The van der Waals surface area contributed by atoms with Crippen molar-refractivity contribution < 1.29 is 67.9 Å². The highest BCUT2D eigenvalue weighted by Crippen LogP contribution is 2.43. The van der Waals surface area contributed by atoms with Crippen molar-refractivity contribution in [1.82, 2.24) is 52.9 Å². The van der Waals surface area contributed by atoms with E-state index in [-0.39, 0.29) is 140 Å². The van der Waals surface area contributed by atoms with Gasteiger partial charge in [-0.25, -0.2) is 38.7 Å². The largest absolute Gasteiger partial charge is 0.505 e. The van der Waals surface area contributed by atoms with Crippen molar-refractivity contribution in [3.63, 3.8) is 0 Å². The summed E-state index contributed by atoms with van der Waals surface area (Å²) in [5.41, 5.74) is 0.941. The monoisotopic (exact) mass is 1540 g/mol. The Balaban J connectivity index is 0.000000155. The Bertz CT molecular complexity index is 4760. The first-order valence-corrected chi connectivity index (χ1v) is 39.2. The van der Waals surface area contributed by atoms with E-state index >= 15 is 0 Å². The lowest BCUT2D eigenvalue weighted by Crippen LogP contribution is -2.61. The Morgan fingerprint density at radius 1 is 0.505 bits per heavy atom. The third-order valence-electron chi connectivity index (χ3n) is 19.0. The third-order valence-corrected chi connectivity index (χ3v) is 27.8. The van der Waals surface area contributed by atoms with E-state index in [1.54, 1.807) is 0 Å². The molecule has 6 aliphatic heterocycles. The minimum absolute atomic E-state index is 0.00767. The normalized spacial score (nSPS) is 19.8. The molecule has 1 aromatic heterocycles. The number of ketones is 2. The van der Waals surface area contributed by atoms with Gasteiger partial charge in [0.15, 0.2) is 23.1 Å². The number of nitrogens with one attached hydrogen (secondary N) is 4. The Hall–Kier alpha value is -7.40.